The predicted molar refractivity (Wildman–Crippen MR) is 128 cm³/mol. The van der Waals surface area contributed by atoms with Crippen molar-refractivity contribution in [3.05, 3.63) is 86.6 Å². The Balaban J connectivity index is 1.91. The molecule has 0 spiro atoms. The lowest BCUT2D eigenvalue weighted by Crippen LogP contribution is -2.43. The van der Waals surface area contributed by atoms with Crippen LogP contribution < -0.4 is 27.2 Å². The Morgan fingerprint density at radius 1 is 1.15 bits per heavy atom. The van der Waals surface area contributed by atoms with Crippen molar-refractivity contribution in [2.75, 3.05) is 29.0 Å². The molecule has 9 heteroatoms. The molecule has 0 unspecified atom stereocenters. The van der Waals surface area contributed by atoms with Crippen LogP contribution in [0.5, 0.6) is 0 Å². The van der Waals surface area contributed by atoms with E-state index in [2.05, 4.69) is 10.3 Å². The molecule has 0 aliphatic rings. The number of carbonyl (C=O) groups is 1. The highest BCUT2D eigenvalue weighted by molar-refractivity contribution is 5.98. The number of nitrogens with two attached hydrogens (primary N) is 1. The first-order chi connectivity index (χ1) is 15.9. The van der Waals surface area contributed by atoms with Crippen LogP contribution in [0.1, 0.15) is 30.9 Å². The molecular formula is C24H26N6O3. The summed E-state index contributed by atoms with van der Waals surface area (Å²) in [6, 6.07) is 18.0. The van der Waals surface area contributed by atoms with Gasteiger partial charge in [0.2, 0.25) is 5.91 Å². The van der Waals surface area contributed by atoms with Gasteiger partial charge in [0.25, 0.3) is 5.56 Å². The summed E-state index contributed by atoms with van der Waals surface area (Å²) in [5.74, 6) is -0.426. The summed E-state index contributed by atoms with van der Waals surface area (Å²) in [6.45, 7) is 2.32. The van der Waals surface area contributed by atoms with Crippen molar-refractivity contribution in [3.8, 4) is 6.07 Å². The van der Waals surface area contributed by atoms with Crippen molar-refractivity contribution in [1.82, 2.24) is 9.55 Å². The minimum absolute atomic E-state index is 0.0365. The fourth-order valence-electron chi connectivity index (χ4n) is 3.37. The van der Waals surface area contributed by atoms with E-state index in [4.69, 9.17) is 11.0 Å². The lowest BCUT2D eigenvalue weighted by atomic mass is 10.2. The minimum Gasteiger partial charge on any atom is -0.383 e. The molecule has 0 atom stereocenters. The Labute approximate surface area is 191 Å². The van der Waals surface area contributed by atoms with Gasteiger partial charge in [0, 0.05) is 12.2 Å². The Bertz CT molecular complexity index is 1260. The van der Waals surface area contributed by atoms with Crippen molar-refractivity contribution in [2.45, 2.75) is 26.3 Å². The highest BCUT2D eigenvalue weighted by Crippen LogP contribution is 2.19. The number of aromatic amines is 1. The highest BCUT2D eigenvalue weighted by atomic mass is 16.2. The average molecular weight is 447 g/mol. The van der Waals surface area contributed by atoms with Crippen molar-refractivity contribution < 1.29 is 4.79 Å². The molecule has 2 aromatic carbocycles. The van der Waals surface area contributed by atoms with Crippen LogP contribution in [-0.4, -0.2) is 28.5 Å². The molecule has 0 saturated heterocycles. The number of rotatable bonds is 9. The van der Waals surface area contributed by atoms with E-state index in [1.54, 1.807) is 24.3 Å². The van der Waals surface area contributed by atoms with E-state index in [0.717, 1.165) is 12.0 Å². The minimum atomic E-state index is -0.704. The first kappa shape index (κ1) is 23.3. The molecule has 0 aliphatic carbocycles. The fraction of sp³-hybridized carbons (Fsp3) is 0.250. The molecular weight excluding hydrogens is 420 g/mol. The second-order valence-electron chi connectivity index (χ2n) is 7.51. The van der Waals surface area contributed by atoms with E-state index in [-0.39, 0.29) is 37.0 Å². The topological polar surface area (TPSA) is 137 Å². The molecule has 3 rings (SSSR count). The Hall–Kier alpha value is -4.32. The third kappa shape index (κ3) is 5.68. The number of H-pyrrole nitrogens is 1. The number of carbonyl (C=O) groups excluding carboxylic acids is 1. The van der Waals surface area contributed by atoms with E-state index in [0.29, 0.717) is 17.7 Å². The first-order valence-corrected chi connectivity index (χ1v) is 10.7. The van der Waals surface area contributed by atoms with Crippen LogP contribution in [0.4, 0.5) is 17.2 Å². The number of amides is 1. The van der Waals surface area contributed by atoms with E-state index >= 15 is 0 Å². The molecule has 33 heavy (non-hydrogen) atoms. The maximum atomic E-state index is 13.1. The van der Waals surface area contributed by atoms with Gasteiger partial charge in [0.15, 0.2) is 5.69 Å². The van der Waals surface area contributed by atoms with E-state index in [9.17, 15) is 14.4 Å². The highest BCUT2D eigenvalue weighted by Gasteiger charge is 2.24. The number of nitrogens with zero attached hydrogens (tertiary/aromatic N) is 3. The molecule has 3 aromatic rings. The van der Waals surface area contributed by atoms with E-state index in [1.807, 2.05) is 43.3 Å². The summed E-state index contributed by atoms with van der Waals surface area (Å²) >= 11 is 0. The van der Waals surface area contributed by atoms with Crippen LogP contribution in [0.25, 0.3) is 0 Å². The maximum absolute atomic E-state index is 13.1. The van der Waals surface area contributed by atoms with Crippen molar-refractivity contribution in [2.24, 2.45) is 0 Å². The normalized spacial score (nSPS) is 10.4. The van der Waals surface area contributed by atoms with E-state index < -0.39 is 11.2 Å². The second kappa shape index (κ2) is 10.8. The standard InChI is InChI=1S/C24H26N6O3/c1-2-3-13-29(20(31)15-27-19-11-9-17(14-25)10-12-19)21-22(26)30(24(33)28-23(21)32)16-18-7-5-4-6-8-18/h4-12,27H,2-3,13,15-16,26H2,1H3,(H,28,32,33). The number of hydrogen-bond donors (Lipinski definition) is 3. The zero-order valence-corrected chi connectivity index (χ0v) is 18.4. The Kier molecular flexibility index (Phi) is 7.65. The smallest absolute Gasteiger partial charge is 0.330 e. The number of anilines is 3. The lowest BCUT2D eigenvalue weighted by molar-refractivity contribution is -0.117. The van der Waals surface area contributed by atoms with Crippen LogP contribution in [-0.2, 0) is 11.3 Å². The summed E-state index contributed by atoms with van der Waals surface area (Å²) in [6.07, 6.45) is 1.45. The molecule has 0 aliphatic heterocycles. The molecule has 0 radical (unpaired) electrons. The van der Waals surface area contributed by atoms with Crippen LogP contribution in [0.15, 0.2) is 64.2 Å². The number of aromatic nitrogens is 2. The Morgan fingerprint density at radius 3 is 2.48 bits per heavy atom. The number of benzene rings is 2. The zero-order valence-electron chi connectivity index (χ0n) is 18.4. The summed E-state index contributed by atoms with van der Waals surface area (Å²) in [4.78, 5) is 41.9. The van der Waals surface area contributed by atoms with Gasteiger partial charge in [-0.1, -0.05) is 43.7 Å². The molecule has 0 saturated carbocycles. The van der Waals surface area contributed by atoms with Crippen molar-refractivity contribution in [1.29, 1.82) is 5.26 Å². The third-order valence-corrected chi connectivity index (χ3v) is 5.16. The second-order valence-corrected chi connectivity index (χ2v) is 7.51. The molecule has 1 heterocycles. The molecule has 0 bridgehead atoms. The SMILES string of the molecule is CCCCN(C(=O)CNc1ccc(C#N)cc1)c1c(N)n(Cc2ccccc2)c(=O)[nH]c1=O. The molecule has 9 nitrogen and oxygen atoms in total. The van der Waals surface area contributed by atoms with Crippen LogP contribution in [0, 0.1) is 11.3 Å². The van der Waals surface area contributed by atoms with Gasteiger partial charge in [-0.2, -0.15) is 5.26 Å². The monoisotopic (exact) mass is 446 g/mol. The molecule has 0 fully saturated rings. The number of nitrogens with one attached hydrogen (secondary N) is 2. The average Bonchev–Trinajstić information content (AvgIpc) is 2.83. The molecule has 1 aromatic heterocycles. The molecule has 1 amide bonds. The molecule has 4 N–H and O–H groups in total. The van der Waals surface area contributed by atoms with Crippen molar-refractivity contribution in [3.63, 3.8) is 0 Å². The zero-order chi connectivity index (χ0) is 23.8. The molecule has 170 valence electrons. The van der Waals surface area contributed by atoms with Gasteiger partial charge in [0.05, 0.1) is 24.7 Å². The van der Waals surface area contributed by atoms with Gasteiger partial charge in [-0.25, -0.2) is 4.79 Å². The van der Waals surface area contributed by atoms with Crippen LogP contribution in [0.2, 0.25) is 0 Å². The lowest BCUT2D eigenvalue weighted by Gasteiger charge is -2.25. The number of nitrogen functional groups attached to an aromatic ring is 1. The van der Waals surface area contributed by atoms with Crippen LogP contribution in [0.3, 0.4) is 0 Å². The summed E-state index contributed by atoms with van der Waals surface area (Å²) in [5.41, 5.74) is 6.91. The van der Waals surface area contributed by atoms with Crippen LogP contribution >= 0.6 is 0 Å². The van der Waals surface area contributed by atoms with E-state index in [1.165, 1.54) is 9.47 Å². The van der Waals surface area contributed by atoms with Gasteiger partial charge in [-0.3, -0.25) is 19.1 Å². The van der Waals surface area contributed by atoms with Gasteiger partial charge in [-0.05, 0) is 36.2 Å². The number of unbranched alkanes of at least 4 members (excludes halogenated alkanes) is 1. The third-order valence-electron chi connectivity index (χ3n) is 5.16. The summed E-state index contributed by atoms with van der Waals surface area (Å²) < 4.78 is 1.26. The predicted octanol–water partition coefficient (Wildman–Crippen LogP) is 2.28. The van der Waals surface area contributed by atoms with Gasteiger partial charge in [-0.15, -0.1) is 0 Å². The van der Waals surface area contributed by atoms with Gasteiger partial charge < -0.3 is 16.0 Å². The summed E-state index contributed by atoms with van der Waals surface area (Å²) in [7, 11) is 0. The van der Waals surface area contributed by atoms with Crippen molar-refractivity contribution >= 4 is 23.1 Å². The van der Waals surface area contributed by atoms with Gasteiger partial charge >= 0.3 is 5.69 Å². The van der Waals surface area contributed by atoms with Gasteiger partial charge in [0.1, 0.15) is 5.82 Å². The number of hydrogen-bond acceptors (Lipinski definition) is 6. The maximum Gasteiger partial charge on any atom is 0.330 e. The quantitative estimate of drug-likeness (QED) is 0.461. The number of nitriles is 1. The first-order valence-electron chi connectivity index (χ1n) is 10.7. The Morgan fingerprint density at radius 2 is 1.85 bits per heavy atom. The fourth-order valence-corrected chi connectivity index (χ4v) is 3.37. The largest absolute Gasteiger partial charge is 0.383 e. The summed E-state index contributed by atoms with van der Waals surface area (Å²) in [5, 5.41) is 11.9.